The van der Waals surface area contributed by atoms with Crippen LogP contribution in [0.2, 0.25) is 10.0 Å². The Bertz CT molecular complexity index is 490. The van der Waals surface area contributed by atoms with Crippen molar-refractivity contribution in [2.45, 2.75) is 0 Å². The lowest BCUT2D eigenvalue weighted by atomic mass is 10.1. The molecular formula is C9H6Cl2FN3. The third-order valence-corrected chi connectivity index (χ3v) is 2.32. The lowest BCUT2D eigenvalue weighted by Gasteiger charge is -2.00. The highest BCUT2D eigenvalue weighted by Gasteiger charge is 2.12. The first-order valence-corrected chi connectivity index (χ1v) is 4.79. The van der Waals surface area contributed by atoms with E-state index in [-0.39, 0.29) is 11.5 Å². The van der Waals surface area contributed by atoms with Gasteiger partial charge in [0.25, 0.3) is 0 Å². The first-order chi connectivity index (χ1) is 7.08. The van der Waals surface area contributed by atoms with Gasteiger partial charge in [-0.1, -0.05) is 23.2 Å². The quantitative estimate of drug-likeness (QED) is 0.812. The molecule has 0 atom stereocenters. The molecule has 2 aromatic rings. The second-order valence-electron chi connectivity index (χ2n) is 2.96. The van der Waals surface area contributed by atoms with Crippen LogP contribution in [0.3, 0.4) is 0 Å². The van der Waals surface area contributed by atoms with E-state index in [2.05, 4.69) is 10.2 Å². The van der Waals surface area contributed by atoms with E-state index >= 15 is 0 Å². The van der Waals surface area contributed by atoms with Gasteiger partial charge in [0.1, 0.15) is 5.69 Å². The summed E-state index contributed by atoms with van der Waals surface area (Å²) in [4.78, 5) is 0. The van der Waals surface area contributed by atoms with Crippen molar-refractivity contribution in [1.29, 1.82) is 0 Å². The number of aromatic nitrogens is 2. The molecule has 0 bridgehead atoms. The minimum atomic E-state index is -0.603. The smallest absolute Gasteiger partial charge is 0.192 e. The molecule has 2 rings (SSSR count). The molecule has 1 aromatic heterocycles. The summed E-state index contributed by atoms with van der Waals surface area (Å²) in [5.41, 5.74) is 5.96. The SMILES string of the molecule is Nc1n[nH]c(-c2cc(Cl)cc(Cl)c2)c1F. The summed E-state index contributed by atoms with van der Waals surface area (Å²) in [6, 6.07) is 4.71. The van der Waals surface area contributed by atoms with Crippen LogP contribution in [0.15, 0.2) is 18.2 Å². The third kappa shape index (κ3) is 1.91. The fourth-order valence-corrected chi connectivity index (χ4v) is 1.76. The predicted octanol–water partition coefficient (Wildman–Crippen LogP) is 3.10. The Morgan fingerprint density at radius 3 is 2.27 bits per heavy atom. The minimum absolute atomic E-state index is 0.178. The molecule has 0 spiro atoms. The number of hydrogen-bond acceptors (Lipinski definition) is 2. The molecule has 0 aliphatic carbocycles. The van der Waals surface area contributed by atoms with Gasteiger partial charge >= 0.3 is 0 Å². The zero-order valence-corrected chi connectivity index (χ0v) is 8.90. The fourth-order valence-electron chi connectivity index (χ4n) is 1.23. The van der Waals surface area contributed by atoms with Crippen molar-refractivity contribution < 1.29 is 4.39 Å². The first-order valence-electron chi connectivity index (χ1n) is 4.03. The summed E-state index contributed by atoms with van der Waals surface area (Å²) in [7, 11) is 0. The predicted molar refractivity (Wildman–Crippen MR) is 58.4 cm³/mol. The molecule has 0 amide bonds. The van der Waals surface area contributed by atoms with Crippen LogP contribution in [0.25, 0.3) is 11.3 Å². The zero-order chi connectivity index (χ0) is 11.0. The van der Waals surface area contributed by atoms with Crippen LogP contribution in [0.4, 0.5) is 10.2 Å². The lowest BCUT2D eigenvalue weighted by Crippen LogP contribution is -1.87. The number of nitrogens with zero attached hydrogens (tertiary/aromatic N) is 1. The lowest BCUT2D eigenvalue weighted by molar-refractivity contribution is 0.636. The van der Waals surface area contributed by atoms with Crippen LogP contribution in [0, 0.1) is 5.82 Å². The number of hydrogen-bond donors (Lipinski definition) is 2. The molecule has 1 aromatic carbocycles. The second-order valence-corrected chi connectivity index (χ2v) is 3.83. The Morgan fingerprint density at radius 1 is 1.20 bits per heavy atom. The van der Waals surface area contributed by atoms with E-state index in [1.54, 1.807) is 18.2 Å². The van der Waals surface area contributed by atoms with Crippen molar-refractivity contribution in [3.8, 4) is 11.3 Å². The number of aromatic amines is 1. The minimum Gasteiger partial charge on any atom is -0.380 e. The third-order valence-electron chi connectivity index (χ3n) is 1.88. The Kier molecular flexibility index (Phi) is 2.54. The molecule has 0 aliphatic rings. The summed E-state index contributed by atoms with van der Waals surface area (Å²) in [6.45, 7) is 0. The van der Waals surface area contributed by atoms with Gasteiger partial charge in [0, 0.05) is 15.6 Å². The maximum Gasteiger partial charge on any atom is 0.192 e. The molecule has 0 unspecified atom stereocenters. The van der Waals surface area contributed by atoms with Crippen molar-refractivity contribution >= 4 is 29.0 Å². The van der Waals surface area contributed by atoms with Crippen LogP contribution in [0.1, 0.15) is 0 Å². The van der Waals surface area contributed by atoms with E-state index in [0.29, 0.717) is 15.6 Å². The molecule has 6 heteroatoms. The molecule has 0 radical (unpaired) electrons. The summed E-state index contributed by atoms with van der Waals surface area (Å²) >= 11 is 11.6. The fraction of sp³-hybridized carbons (Fsp3) is 0. The monoisotopic (exact) mass is 245 g/mol. The summed E-state index contributed by atoms with van der Waals surface area (Å²) in [5.74, 6) is -0.783. The van der Waals surface area contributed by atoms with Gasteiger partial charge in [-0.3, -0.25) is 5.10 Å². The highest BCUT2D eigenvalue weighted by atomic mass is 35.5. The van der Waals surface area contributed by atoms with Gasteiger partial charge in [-0.2, -0.15) is 5.10 Å². The maximum atomic E-state index is 13.4. The number of nitrogen functional groups attached to an aromatic ring is 1. The average molecular weight is 246 g/mol. The van der Waals surface area contributed by atoms with Gasteiger partial charge < -0.3 is 5.73 Å². The standard InChI is InChI=1S/C9H6Cl2FN3/c10-5-1-4(2-6(11)3-5)8-7(12)9(13)15-14-8/h1-3H,(H3,13,14,15). The van der Waals surface area contributed by atoms with E-state index in [4.69, 9.17) is 28.9 Å². The molecule has 15 heavy (non-hydrogen) atoms. The van der Waals surface area contributed by atoms with Gasteiger partial charge in [0.05, 0.1) is 0 Å². The number of anilines is 1. The molecule has 0 aliphatic heterocycles. The highest BCUT2D eigenvalue weighted by Crippen LogP contribution is 2.28. The van der Waals surface area contributed by atoms with Gasteiger partial charge in [-0.25, -0.2) is 4.39 Å². The Labute approximate surface area is 95.0 Å². The number of halogens is 3. The number of nitrogens with one attached hydrogen (secondary N) is 1. The molecular weight excluding hydrogens is 240 g/mol. The summed E-state index contributed by atoms with van der Waals surface area (Å²) in [6.07, 6.45) is 0. The molecule has 3 nitrogen and oxygen atoms in total. The van der Waals surface area contributed by atoms with Crippen LogP contribution < -0.4 is 5.73 Å². The Balaban J connectivity index is 2.58. The van der Waals surface area contributed by atoms with E-state index in [9.17, 15) is 4.39 Å². The molecule has 0 saturated carbocycles. The molecule has 78 valence electrons. The maximum absolute atomic E-state index is 13.4. The Morgan fingerprint density at radius 2 is 1.80 bits per heavy atom. The largest absolute Gasteiger partial charge is 0.380 e. The van der Waals surface area contributed by atoms with Crippen molar-refractivity contribution in [2.75, 3.05) is 5.73 Å². The van der Waals surface area contributed by atoms with Crippen LogP contribution >= 0.6 is 23.2 Å². The van der Waals surface area contributed by atoms with E-state index in [1.165, 1.54) is 0 Å². The van der Waals surface area contributed by atoms with Crippen LogP contribution in [-0.4, -0.2) is 10.2 Å². The van der Waals surface area contributed by atoms with E-state index in [0.717, 1.165) is 0 Å². The van der Waals surface area contributed by atoms with Gasteiger partial charge in [0.2, 0.25) is 0 Å². The van der Waals surface area contributed by atoms with Crippen molar-refractivity contribution in [2.24, 2.45) is 0 Å². The molecule has 0 fully saturated rings. The van der Waals surface area contributed by atoms with E-state index in [1.807, 2.05) is 0 Å². The normalized spacial score (nSPS) is 10.6. The van der Waals surface area contributed by atoms with Crippen molar-refractivity contribution in [3.05, 3.63) is 34.1 Å². The number of H-pyrrole nitrogens is 1. The topological polar surface area (TPSA) is 54.7 Å². The summed E-state index contributed by atoms with van der Waals surface area (Å²) < 4.78 is 13.4. The van der Waals surface area contributed by atoms with Gasteiger partial charge in [-0.05, 0) is 18.2 Å². The number of nitrogens with two attached hydrogens (primary N) is 1. The second kappa shape index (κ2) is 3.72. The first kappa shape index (κ1) is 10.3. The van der Waals surface area contributed by atoms with Crippen molar-refractivity contribution in [1.82, 2.24) is 10.2 Å². The zero-order valence-electron chi connectivity index (χ0n) is 7.39. The average Bonchev–Trinajstić information content (AvgIpc) is 2.46. The highest BCUT2D eigenvalue weighted by molar-refractivity contribution is 6.35. The van der Waals surface area contributed by atoms with Crippen LogP contribution in [-0.2, 0) is 0 Å². The number of benzene rings is 1. The van der Waals surface area contributed by atoms with Crippen LogP contribution in [0.5, 0.6) is 0 Å². The van der Waals surface area contributed by atoms with E-state index < -0.39 is 5.82 Å². The molecule has 3 N–H and O–H groups in total. The number of rotatable bonds is 1. The molecule has 1 heterocycles. The summed E-state index contributed by atoms with van der Waals surface area (Å²) in [5, 5.41) is 6.86. The molecule has 0 saturated heterocycles. The van der Waals surface area contributed by atoms with Crippen molar-refractivity contribution in [3.63, 3.8) is 0 Å². The Hall–Kier alpha value is -1.26. The van der Waals surface area contributed by atoms with Gasteiger partial charge in [0.15, 0.2) is 11.6 Å². The van der Waals surface area contributed by atoms with Gasteiger partial charge in [-0.15, -0.1) is 0 Å².